The van der Waals surface area contributed by atoms with Crippen LogP contribution in [0, 0.1) is 0 Å². The molecular weight excluding hydrogens is 274 g/mol. The Morgan fingerprint density at radius 3 is 2.59 bits per heavy atom. The summed E-state index contributed by atoms with van der Waals surface area (Å²) in [4.78, 5) is 14.6. The molecule has 1 aliphatic carbocycles. The fourth-order valence-electron chi connectivity index (χ4n) is 3.60. The molecule has 0 unspecified atom stereocenters. The van der Waals surface area contributed by atoms with E-state index in [0.29, 0.717) is 12.6 Å². The lowest BCUT2D eigenvalue weighted by atomic mass is 9.96. The van der Waals surface area contributed by atoms with Gasteiger partial charge in [0.25, 0.3) is 0 Å². The van der Waals surface area contributed by atoms with E-state index >= 15 is 0 Å². The van der Waals surface area contributed by atoms with Gasteiger partial charge in [-0.15, -0.1) is 0 Å². The summed E-state index contributed by atoms with van der Waals surface area (Å²) < 4.78 is 2.17. The standard InChI is InChI=1S/C18H21N3O/c22-18(19-14-7-2-1-3-8-14)21-13-15-9-6-12-20(15)16-10-4-5-11-17(16)21/h4-6,9-12,14H,1-3,7-8,13H2,(H,19,22). The van der Waals surface area contributed by atoms with Crippen LogP contribution in [-0.2, 0) is 6.54 Å². The average Bonchev–Trinajstić information content (AvgIpc) is 3.04. The predicted octanol–water partition coefficient (Wildman–Crippen LogP) is 3.84. The minimum absolute atomic E-state index is 0.0341. The maximum Gasteiger partial charge on any atom is 0.322 e. The first kappa shape index (κ1) is 13.4. The summed E-state index contributed by atoms with van der Waals surface area (Å²) in [6.07, 6.45) is 8.03. The molecule has 0 atom stereocenters. The number of hydrogen-bond donors (Lipinski definition) is 1. The maximum absolute atomic E-state index is 12.8. The number of benzene rings is 1. The van der Waals surface area contributed by atoms with Crippen molar-refractivity contribution in [1.29, 1.82) is 0 Å². The fourth-order valence-corrected chi connectivity index (χ4v) is 3.60. The van der Waals surface area contributed by atoms with E-state index in [1.807, 2.05) is 29.2 Å². The molecule has 2 amide bonds. The van der Waals surface area contributed by atoms with Gasteiger partial charge >= 0.3 is 6.03 Å². The van der Waals surface area contributed by atoms with E-state index in [2.05, 4.69) is 28.2 Å². The Morgan fingerprint density at radius 2 is 1.77 bits per heavy atom. The zero-order valence-corrected chi connectivity index (χ0v) is 12.7. The molecule has 114 valence electrons. The average molecular weight is 295 g/mol. The van der Waals surface area contributed by atoms with Gasteiger partial charge in [-0.2, -0.15) is 0 Å². The molecule has 2 heterocycles. The van der Waals surface area contributed by atoms with E-state index in [9.17, 15) is 4.79 Å². The van der Waals surface area contributed by atoms with Gasteiger partial charge in [0, 0.05) is 17.9 Å². The first-order chi connectivity index (χ1) is 10.8. The van der Waals surface area contributed by atoms with Crippen LogP contribution in [0.1, 0.15) is 37.8 Å². The molecule has 22 heavy (non-hydrogen) atoms. The van der Waals surface area contributed by atoms with E-state index < -0.39 is 0 Å². The third-order valence-corrected chi connectivity index (χ3v) is 4.76. The van der Waals surface area contributed by atoms with Gasteiger partial charge < -0.3 is 9.88 Å². The molecule has 4 heteroatoms. The molecule has 1 fully saturated rings. The molecule has 0 saturated heterocycles. The van der Waals surface area contributed by atoms with Crippen molar-refractivity contribution < 1.29 is 4.79 Å². The highest BCUT2D eigenvalue weighted by molar-refractivity contribution is 5.95. The van der Waals surface area contributed by atoms with Crippen LogP contribution in [0.15, 0.2) is 42.6 Å². The lowest BCUT2D eigenvalue weighted by Gasteiger charge is -2.33. The molecule has 0 radical (unpaired) electrons. The Bertz CT molecular complexity index is 685. The summed E-state index contributed by atoms with van der Waals surface area (Å²) in [6, 6.07) is 12.6. The molecule has 0 spiro atoms. The van der Waals surface area contributed by atoms with Crippen molar-refractivity contribution in [3.05, 3.63) is 48.3 Å². The summed E-state index contributed by atoms with van der Waals surface area (Å²) >= 11 is 0. The second-order valence-electron chi connectivity index (χ2n) is 6.23. The minimum atomic E-state index is 0.0341. The number of carbonyl (C=O) groups is 1. The first-order valence-corrected chi connectivity index (χ1v) is 8.16. The van der Waals surface area contributed by atoms with Crippen molar-refractivity contribution in [2.75, 3.05) is 4.90 Å². The zero-order valence-electron chi connectivity index (χ0n) is 12.7. The number of carbonyl (C=O) groups excluding carboxylic acids is 1. The van der Waals surface area contributed by atoms with Crippen LogP contribution in [0.4, 0.5) is 10.5 Å². The molecule has 1 saturated carbocycles. The van der Waals surface area contributed by atoms with Crippen LogP contribution < -0.4 is 10.2 Å². The summed E-state index contributed by atoms with van der Waals surface area (Å²) in [6.45, 7) is 0.628. The van der Waals surface area contributed by atoms with Gasteiger partial charge in [-0.25, -0.2) is 4.79 Å². The van der Waals surface area contributed by atoms with Crippen LogP contribution in [0.2, 0.25) is 0 Å². The number of nitrogens with one attached hydrogen (secondary N) is 1. The van der Waals surface area contributed by atoms with Crippen LogP contribution >= 0.6 is 0 Å². The van der Waals surface area contributed by atoms with Gasteiger partial charge in [-0.05, 0) is 37.1 Å². The molecule has 1 N–H and O–H groups in total. The van der Waals surface area contributed by atoms with Gasteiger partial charge in [0.05, 0.1) is 17.9 Å². The molecule has 1 aromatic heterocycles. The minimum Gasteiger partial charge on any atom is -0.335 e. The number of para-hydroxylation sites is 2. The number of fused-ring (bicyclic) bond motifs is 3. The van der Waals surface area contributed by atoms with Gasteiger partial charge in [-0.1, -0.05) is 31.4 Å². The third-order valence-electron chi connectivity index (χ3n) is 4.76. The third kappa shape index (κ3) is 2.28. The van der Waals surface area contributed by atoms with E-state index in [1.54, 1.807) is 0 Å². The second kappa shape index (κ2) is 5.52. The fraction of sp³-hybridized carbons (Fsp3) is 0.389. The highest BCUT2D eigenvalue weighted by atomic mass is 16.2. The van der Waals surface area contributed by atoms with Gasteiger partial charge in [-0.3, -0.25) is 4.90 Å². The van der Waals surface area contributed by atoms with E-state index in [1.165, 1.54) is 19.3 Å². The largest absolute Gasteiger partial charge is 0.335 e. The van der Waals surface area contributed by atoms with Gasteiger partial charge in [0.1, 0.15) is 0 Å². The van der Waals surface area contributed by atoms with Crippen LogP contribution in [0.5, 0.6) is 0 Å². The number of aromatic nitrogens is 1. The van der Waals surface area contributed by atoms with E-state index in [0.717, 1.165) is 29.9 Å². The maximum atomic E-state index is 12.8. The Balaban J connectivity index is 1.61. The topological polar surface area (TPSA) is 37.3 Å². The van der Waals surface area contributed by atoms with Crippen molar-refractivity contribution in [3.63, 3.8) is 0 Å². The highest BCUT2D eigenvalue weighted by Crippen LogP contribution is 2.32. The lowest BCUT2D eigenvalue weighted by Crippen LogP contribution is -2.46. The number of nitrogens with zero attached hydrogens (tertiary/aromatic N) is 2. The van der Waals surface area contributed by atoms with Gasteiger partial charge in [0.2, 0.25) is 0 Å². The van der Waals surface area contributed by atoms with Crippen LogP contribution in [-0.4, -0.2) is 16.6 Å². The normalized spacial score (nSPS) is 17.7. The van der Waals surface area contributed by atoms with E-state index in [4.69, 9.17) is 0 Å². The van der Waals surface area contributed by atoms with Crippen molar-refractivity contribution in [2.24, 2.45) is 0 Å². The molecule has 2 aromatic rings. The highest BCUT2D eigenvalue weighted by Gasteiger charge is 2.27. The number of amides is 2. The Hall–Kier alpha value is -2.23. The van der Waals surface area contributed by atoms with E-state index in [-0.39, 0.29) is 6.03 Å². The number of rotatable bonds is 1. The monoisotopic (exact) mass is 295 g/mol. The van der Waals surface area contributed by atoms with Gasteiger partial charge in [0.15, 0.2) is 0 Å². The number of urea groups is 1. The SMILES string of the molecule is O=C(NC1CCCCC1)N1Cc2cccn2-c2ccccc21. The molecule has 2 aliphatic rings. The molecular formula is C18H21N3O. The van der Waals surface area contributed by atoms with Crippen LogP contribution in [0.25, 0.3) is 5.69 Å². The quantitative estimate of drug-likeness (QED) is 0.852. The lowest BCUT2D eigenvalue weighted by molar-refractivity contribution is 0.237. The molecule has 4 rings (SSSR count). The second-order valence-corrected chi connectivity index (χ2v) is 6.23. The summed E-state index contributed by atoms with van der Waals surface area (Å²) in [7, 11) is 0. The first-order valence-electron chi connectivity index (χ1n) is 8.16. The van der Waals surface area contributed by atoms with Crippen molar-refractivity contribution >= 4 is 11.7 Å². The van der Waals surface area contributed by atoms with Crippen molar-refractivity contribution in [3.8, 4) is 5.69 Å². The predicted molar refractivity (Wildman–Crippen MR) is 87.4 cm³/mol. The Kier molecular flexibility index (Phi) is 3.37. The smallest absolute Gasteiger partial charge is 0.322 e. The summed E-state index contributed by atoms with van der Waals surface area (Å²) in [5.41, 5.74) is 3.21. The van der Waals surface area contributed by atoms with Crippen molar-refractivity contribution in [1.82, 2.24) is 9.88 Å². The summed E-state index contributed by atoms with van der Waals surface area (Å²) in [5, 5.41) is 3.23. The number of hydrogen-bond acceptors (Lipinski definition) is 1. The molecule has 4 nitrogen and oxygen atoms in total. The van der Waals surface area contributed by atoms with Crippen LogP contribution in [0.3, 0.4) is 0 Å². The Labute approximate surface area is 130 Å². The molecule has 0 bridgehead atoms. The number of anilines is 1. The molecule has 1 aromatic carbocycles. The zero-order chi connectivity index (χ0) is 14.9. The van der Waals surface area contributed by atoms with Crippen molar-refractivity contribution in [2.45, 2.75) is 44.7 Å². The summed E-state index contributed by atoms with van der Waals surface area (Å²) in [5.74, 6) is 0. The Morgan fingerprint density at radius 1 is 1.00 bits per heavy atom. The molecule has 1 aliphatic heterocycles.